The maximum atomic E-state index is 5.83. The van der Waals surface area contributed by atoms with Gasteiger partial charge < -0.3 is 15.8 Å². The standard InChI is InChI=1S/C13H15BrN2OS/c1-17-10-4-2-9(3-5-10)16-13(6-15)11-7-18-8-12(11)14/h2-5,7-8,13,16H,6,15H2,1H3. The number of ether oxygens (including phenoxy) is 1. The maximum Gasteiger partial charge on any atom is 0.119 e. The second-order valence-electron chi connectivity index (χ2n) is 3.84. The summed E-state index contributed by atoms with van der Waals surface area (Å²) in [5.74, 6) is 0.849. The molecule has 1 aromatic heterocycles. The minimum atomic E-state index is 0.110. The van der Waals surface area contributed by atoms with Crippen LogP contribution in [0.25, 0.3) is 0 Å². The van der Waals surface area contributed by atoms with Crippen LogP contribution in [-0.4, -0.2) is 13.7 Å². The number of hydrogen-bond acceptors (Lipinski definition) is 4. The molecule has 0 saturated carbocycles. The predicted molar refractivity (Wildman–Crippen MR) is 80.4 cm³/mol. The van der Waals surface area contributed by atoms with E-state index in [2.05, 4.69) is 32.0 Å². The number of anilines is 1. The van der Waals surface area contributed by atoms with E-state index in [1.807, 2.05) is 24.3 Å². The Bertz CT molecular complexity index is 498. The molecule has 0 aliphatic rings. The van der Waals surface area contributed by atoms with Crippen LogP contribution in [0, 0.1) is 0 Å². The fourth-order valence-electron chi connectivity index (χ4n) is 1.69. The Labute approximate surface area is 119 Å². The van der Waals surface area contributed by atoms with Crippen LogP contribution >= 0.6 is 27.3 Å². The number of nitrogens with one attached hydrogen (secondary N) is 1. The summed E-state index contributed by atoms with van der Waals surface area (Å²) in [6.07, 6.45) is 0. The van der Waals surface area contributed by atoms with Crippen molar-refractivity contribution < 1.29 is 4.74 Å². The Morgan fingerprint density at radius 3 is 2.56 bits per heavy atom. The first-order chi connectivity index (χ1) is 8.74. The van der Waals surface area contributed by atoms with Crippen molar-refractivity contribution >= 4 is 33.0 Å². The molecule has 1 unspecified atom stereocenters. The molecule has 0 bridgehead atoms. The van der Waals surface area contributed by atoms with E-state index in [0.717, 1.165) is 15.9 Å². The molecule has 96 valence electrons. The number of rotatable bonds is 5. The first kappa shape index (κ1) is 13.4. The SMILES string of the molecule is COc1ccc(NC(CN)c2cscc2Br)cc1. The number of methoxy groups -OCH3 is 1. The monoisotopic (exact) mass is 326 g/mol. The highest BCUT2D eigenvalue weighted by Crippen LogP contribution is 2.29. The van der Waals surface area contributed by atoms with Gasteiger partial charge in [-0.15, -0.1) is 0 Å². The molecular formula is C13H15BrN2OS. The van der Waals surface area contributed by atoms with Crippen LogP contribution in [-0.2, 0) is 0 Å². The fraction of sp³-hybridized carbons (Fsp3) is 0.231. The van der Waals surface area contributed by atoms with E-state index in [1.54, 1.807) is 18.4 Å². The highest BCUT2D eigenvalue weighted by atomic mass is 79.9. The number of hydrogen-bond donors (Lipinski definition) is 2. The van der Waals surface area contributed by atoms with Crippen LogP contribution in [0.2, 0.25) is 0 Å². The van der Waals surface area contributed by atoms with Gasteiger partial charge in [0, 0.05) is 27.6 Å². The largest absolute Gasteiger partial charge is 0.497 e. The van der Waals surface area contributed by atoms with Gasteiger partial charge in [-0.2, -0.15) is 11.3 Å². The lowest BCUT2D eigenvalue weighted by Crippen LogP contribution is -2.20. The van der Waals surface area contributed by atoms with Crippen molar-refractivity contribution in [1.29, 1.82) is 0 Å². The fourth-order valence-corrected chi connectivity index (χ4v) is 3.32. The molecule has 18 heavy (non-hydrogen) atoms. The van der Waals surface area contributed by atoms with E-state index in [4.69, 9.17) is 10.5 Å². The van der Waals surface area contributed by atoms with Gasteiger partial charge in [0.1, 0.15) is 5.75 Å². The summed E-state index contributed by atoms with van der Waals surface area (Å²) < 4.78 is 6.23. The van der Waals surface area contributed by atoms with Crippen molar-refractivity contribution in [3.8, 4) is 5.75 Å². The summed E-state index contributed by atoms with van der Waals surface area (Å²) in [4.78, 5) is 0. The highest BCUT2D eigenvalue weighted by molar-refractivity contribution is 9.10. The minimum Gasteiger partial charge on any atom is -0.497 e. The molecule has 0 spiro atoms. The van der Waals surface area contributed by atoms with Crippen molar-refractivity contribution in [2.45, 2.75) is 6.04 Å². The van der Waals surface area contributed by atoms with Gasteiger partial charge >= 0.3 is 0 Å². The van der Waals surface area contributed by atoms with Crippen LogP contribution in [0.4, 0.5) is 5.69 Å². The zero-order valence-electron chi connectivity index (χ0n) is 10.0. The lowest BCUT2D eigenvalue weighted by Gasteiger charge is -2.18. The summed E-state index contributed by atoms with van der Waals surface area (Å²) in [5, 5.41) is 7.59. The molecule has 3 nitrogen and oxygen atoms in total. The Balaban J connectivity index is 2.13. The highest BCUT2D eigenvalue weighted by Gasteiger charge is 2.13. The lowest BCUT2D eigenvalue weighted by atomic mass is 10.1. The van der Waals surface area contributed by atoms with Crippen molar-refractivity contribution in [2.24, 2.45) is 5.73 Å². The molecule has 2 rings (SSSR count). The van der Waals surface area contributed by atoms with Crippen molar-refractivity contribution in [3.63, 3.8) is 0 Å². The van der Waals surface area contributed by atoms with Crippen LogP contribution < -0.4 is 15.8 Å². The van der Waals surface area contributed by atoms with E-state index >= 15 is 0 Å². The predicted octanol–water partition coefficient (Wildman–Crippen LogP) is 3.63. The first-order valence-electron chi connectivity index (χ1n) is 5.57. The van der Waals surface area contributed by atoms with E-state index in [-0.39, 0.29) is 6.04 Å². The van der Waals surface area contributed by atoms with E-state index in [0.29, 0.717) is 6.54 Å². The molecule has 0 radical (unpaired) electrons. The zero-order chi connectivity index (χ0) is 13.0. The van der Waals surface area contributed by atoms with Crippen LogP contribution in [0.3, 0.4) is 0 Å². The Morgan fingerprint density at radius 2 is 2.06 bits per heavy atom. The summed E-state index contributed by atoms with van der Waals surface area (Å²) in [6, 6.07) is 7.94. The number of halogens is 1. The molecule has 0 saturated heterocycles. The quantitative estimate of drug-likeness (QED) is 0.881. The second-order valence-corrected chi connectivity index (χ2v) is 5.43. The smallest absolute Gasteiger partial charge is 0.119 e. The molecule has 0 aliphatic heterocycles. The molecule has 0 amide bonds. The topological polar surface area (TPSA) is 47.3 Å². The minimum absolute atomic E-state index is 0.110. The van der Waals surface area contributed by atoms with Crippen molar-refractivity contribution in [3.05, 3.63) is 45.1 Å². The number of benzene rings is 1. The van der Waals surface area contributed by atoms with E-state index in [1.165, 1.54) is 5.56 Å². The van der Waals surface area contributed by atoms with Crippen LogP contribution in [0.1, 0.15) is 11.6 Å². The number of thiophene rings is 1. The van der Waals surface area contributed by atoms with Gasteiger partial charge in [0.15, 0.2) is 0 Å². The molecule has 5 heteroatoms. The van der Waals surface area contributed by atoms with Gasteiger partial charge in [-0.3, -0.25) is 0 Å². The summed E-state index contributed by atoms with van der Waals surface area (Å²) in [6.45, 7) is 0.543. The molecule has 0 fully saturated rings. The van der Waals surface area contributed by atoms with Crippen LogP contribution in [0.5, 0.6) is 5.75 Å². The molecule has 3 N–H and O–H groups in total. The first-order valence-corrected chi connectivity index (χ1v) is 7.30. The Morgan fingerprint density at radius 1 is 1.33 bits per heavy atom. The summed E-state index contributed by atoms with van der Waals surface area (Å²) in [7, 11) is 1.66. The Hall–Kier alpha value is -1.04. The normalized spacial score (nSPS) is 12.2. The van der Waals surface area contributed by atoms with Gasteiger partial charge in [0.25, 0.3) is 0 Å². The third-order valence-electron chi connectivity index (χ3n) is 2.68. The van der Waals surface area contributed by atoms with Gasteiger partial charge in [-0.25, -0.2) is 0 Å². The van der Waals surface area contributed by atoms with Gasteiger partial charge in [-0.1, -0.05) is 0 Å². The third-order valence-corrected chi connectivity index (χ3v) is 4.44. The van der Waals surface area contributed by atoms with Crippen molar-refractivity contribution in [2.75, 3.05) is 19.0 Å². The summed E-state index contributed by atoms with van der Waals surface area (Å²) in [5.41, 5.74) is 8.06. The molecule has 2 aromatic rings. The Kier molecular flexibility index (Phi) is 4.63. The average Bonchev–Trinajstić information content (AvgIpc) is 2.83. The maximum absolute atomic E-state index is 5.83. The molecule has 1 heterocycles. The van der Waals surface area contributed by atoms with Gasteiger partial charge in [0.2, 0.25) is 0 Å². The molecule has 0 aliphatic carbocycles. The zero-order valence-corrected chi connectivity index (χ0v) is 12.4. The second kappa shape index (κ2) is 6.22. The van der Waals surface area contributed by atoms with Gasteiger partial charge in [-0.05, 0) is 45.6 Å². The molecular weight excluding hydrogens is 312 g/mol. The van der Waals surface area contributed by atoms with E-state index < -0.39 is 0 Å². The van der Waals surface area contributed by atoms with Crippen molar-refractivity contribution in [1.82, 2.24) is 0 Å². The third kappa shape index (κ3) is 3.04. The molecule has 1 atom stereocenters. The number of nitrogens with two attached hydrogens (primary N) is 1. The van der Waals surface area contributed by atoms with Gasteiger partial charge in [0.05, 0.1) is 13.2 Å². The molecule has 1 aromatic carbocycles. The average molecular weight is 327 g/mol. The van der Waals surface area contributed by atoms with Crippen LogP contribution in [0.15, 0.2) is 39.5 Å². The lowest BCUT2D eigenvalue weighted by molar-refractivity contribution is 0.415. The van der Waals surface area contributed by atoms with E-state index in [9.17, 15) is 0 Å². The summed E-state index contributed by atoms with van der Waals surface area (Å²) >= 11 is 5.20.